The van der Waals surface area contributed by atoms with Crippen molar-refractivity contribution < 1.29 is 62.5 Å². The van der Waals surface area contributed by atoms with Crippen molar-refractivity contribution in [1.29, 1.82) is 0 Å². The summed E-state index contributed by atoms with van der Waals surface area (Å²) >= 11 is 7.61. The summed E-state index contributed by atoms with van der Waals surface area (Å²) in [6, 6.07) is 7.62. The lowest BCUT2D eigenvalue weighted by Gasteiger charge is -2.64. The van der Waals surface area contributed by atoms with Gasteiger partial charge in [-0.25, -0.2) is 0 Å². The summed E-state index contributed by atoms with van der Waals surface area (Å²) < 4.78 is 11.9. The standard InChI is InChI=1S/C51H65ClN6O13/c1-5-46(68)71-51(31(2)22-36-35-16-15-33-24-34(59)19-20-48(33,3)50(35,52)38(60)25-49(36,51)4)39(61)29-70-30-56-42(64)27-55-47(69)37(23-32-12-8-6-9-13-32)57-43(65)28-54-41(63)26-53-40(62)14-10-7-11-21-58-44(66)17-18-45(58)67/h6,8-9,12-13,17-20,24,31,35-38,60H,5,7,10-11,14-16,21-23,25-30H2,1-4H3,(H,53,62)(H,54,63)(H,55,69)(H,56,64)(H,57,65)/t31-,35-,36?,37-,38-,48-,49-,50-,51-/m0/s1. The molecule has 4 aliphatic carbocycles. The van der Waals surface area contributed by atoms with Crippen molar-refractivity contribution in [3.8, 4) is 0 Å². The first-order chi connectivity index (χ1) is 33.7. The topological polar surface area (TPSA) is 273 Å². The molecule has 0 bridgehead atoms. The molecule has 5 aliphatic rings. The lowest BCUT2D eigenvalue weighted by Crippen LogP contribution is -2.69. The van der Waals surface area contributed by atoms with Crippen LogP contribution >= 0.6 is 11.6 Å². The van der Waals surface area contributed by atoms with E-state index in [0.29, 0.717) is 44.1 Å². The molecule has 71 heavy (non-hydrogen) atoms. The smallest absolute Gasteiger partial charge is 0.306 e. The van der Waals surface area contributed by atoms with E-state index in [-0.39, 0.29) is 61.7 Å². The summed E-state index contributed by atoms with van der Waals surface area (Å²) in [5, 5.41) is 24.5. The highest BCUT2D eigenvalue weighted by molar-refractivity contribution is 6.26. The van der Waals surface area contributed by atoms with Gasteiger partial charge >= 0.3 is 5.97 Å². The van der Waals surface area contributed by atoms with E-state index in [0.717, 1.165) is 10.5 Å². The number of aliphatic hydroxyl groups excluding tert-OH is 1. The molecule has 3 fully saturated rings. The van der Waals surface area contributed by atoms with Crippen LogP contribution in [0.15, 0.2) is 66.3 Å². The maximum Gasteiger partial charge on any atom is 0.306 e. The van der Waals surface area contributed by atoms with Gasteiger partial charge in [0.15, 0.2) is 11.4 Å². The van der Waals surface area contributed by atoms with Crippen LogP contribution in [0.2, 0.25) is 0 Å². The third kappa shape index (κ3) is 11.5. The number of alkyl halides is 1. The molecule has 9 atom stereocenters. The van der Waals surface area contributed by atoms with Crippen molar-refractivity contribution in [2.75, 3.05) is 39.5 Å². The molecule has 1 aromatic rings. The van der Waals surface area contributed by atoms with Crippen LogP contribution in [0.25, 0.3) is 0 Å². The summed E-state index contributed by atoms with van der Waals surface area (Å²) in [5.41, 5.74) is -2.03. The van der Waals surface area contributed by atoms with E-state index in [1.54, 1.807) is 49.4 Å². The van der Waals surface area contributed by atoms with E-state index < -0.39 is 114 Å². The van der Waals surface area contributed by atoms with Gasteiger partial charge in [-0.3, -0.25) is 52.8 Å². The lowest BCUT2D eigenvalue weighted by molar-refractivity contribution is -0.203. The predicted molar refractivity (Wildman–Crippen MR) is 256 cm³/mol. The second kappa shape index (κ2) is 23.0. The maximum absolute atomic E-state index is 14.5. The summed E-state index contributed by atoms with van der Waals surface area (Å²) in [4.78, 5) is 127. The molecule has 1 aliphatic heterocycles. The first kappa shape index (κ1) is 54.3. The Labute approximate surface area is 417 Å². The number of hydrogen-bond donors (Lipinski definition) is 6. The fourth-order valence-electron chi connectivity index (χ4n) is 11.6. The first-order valence-corrected chi connectivity index (χ1v) is 24.7. The number of nitrogens with one attached hydrogen (secondary N) is 5. The van der Waals surface area contributed by atoms with Gasteiger partial charge in [0, 0.05) is 54.7 Å². The zero-order valence-corrected chi connectivity index (χ0v) is 41.4. The number of amides is 7. The quantitative estimate of drug-likeness (QED) is 0.0301. The van der Waals surface area contributed by atoms with Gasteiger partial charge in [0.05, 0.1) is 30.6 Å². The molecule has 7 amide bonds. The number of Topliss-reactive ketones (excluding diaryl/α,β-unsaturated/α-hetero) is 1. The molecule has 6 N–H and O–H groups in total. The highest BCUT2D eigenvalue weighted by atomic mass is 35.5. The molecule has 0 spiro atoms. The average Bonchev–Trinajstić information content (AvgIpc) is 3.77. The number of carbonyl (C=O) groups is 10. The fraction of sp³-hybridized carbons (Fsp3) is 0.569. The van der Waals surface area contributed by atoms with Crippen molar-refractivity contribution in [2.24, 2.45) is 28.6 Å². The predicted octanol–water partition coefficient (Wildman–Crippen LogP) is 1.79. The minimum atomic E-state index is -1.70. The molecule has 1 aromatic carbocycles. The summed E-state index contributed by atoms with van der Waals surface area (Å²) in [6.07, 6.45) is 9.48. The van der Waals surface area contributed by atoms with E-state index in [2.05, 4.69) is 26.6 Å². The van der Waals surface area contributed by atoms with Crippen LogP contribution in [0.5, 0.6) is 0 Å². The number of aliphatic hydroxyl groups is 1. The Morgan fingerprint density at radius 2 is 1.51 bits per heavy atom. The number of allylic oxidation sites excluding steroid dienone is 4. The molecule has 0 saturated heterocycles. The number of imide groups is 1. The molecule has 6 rings (SSSR count). The van der Waals surface area contributed by atoms with Crippen molar-refractivity contribution in [3.05, 3.63) is 71.8 Å². The lowest BCUT2D eigenvalue weighted by atomic mass is 9.45. The van der Waals surface area contributed by atoms with Crippen molar-refractivity contribution in [1.82, 2.24) is 31.5 Å². The van der Waals surface area contributed by atoms with Gasteiger partial charge in [-0.1, -0.05) is 76.1 Å². The molecular formula is C51H65ClN6O13. The van der Waals surface area contributed by atoms with Gasteiger partial charge < -0.3 is 41.2 Å². The number of ether oxygens (including phenoxy) is 2. The number of unbranched alkanes of at least 4 members (excludes halogenated alkanes) is 2. The first-order valence-electron chi connectivity index (χ1n) is 24.3. The second-order valence-corrected chi connectivity index (χ2v) is 20.2. The number of ketones is 2. The Morgan fingerprint density at radius 3 is 2.21 bits per heavy atom. The maximum atomic E-state index is 14.5. The Kier molecular flexibility index (Phi) is 17.6. The number of rotatable bonds is 23. The van der Waals surface area contributed by atoms with Gasteiger partial charge in [-0.15, -0.1) is 11.6 Å². The van der Waals surface area contributed by atoms with Crippen molar-refractivity contribution in [3.63, 3.8) is 0 Å². The summed E-state index contributed by atoms with van der Waals surface area (Å²) in [5.74, 6) is -6.20. The van der Waals surface area contributed by atoms with Gasteiger partial charge in [0.2, 0.25) is 35.3 Å². The number of carbonyl (C=O) groups excluding carboxylic acids is 10. The van der Waals surface area contributed by atoms with E-state index in [1.807, 2.05) is 20.8 Å². The number of esters is 1. The van der Waals surface area contributed by atoms with Crippen LogP contribution in [-0.2, 0) is 63.8 Å². The minimum absolute atomic E-state index is 0.00550. The van der Waals surface area contributed by atoms with Crippen LogP contribution in [0.4, 0.5) is 0 Å². The molecule has 19 nitrogen and oxygen atoms in total. The fourth-order valence-corrected chi connectivity index (χ4v) is 12.1. The zero-order valence-electron chi connectivity index (χ0n) is 40.6. The van der Waals surface area contributed by atoms with Gasteiger partial charge in [0.25, 0.3) is 11.8 Å². The van der Waals surface area contributed by atoms with Crippen LogP contribution in [0.1, 0.15) is 91.0 Å². The number of halogens is 1. The van der Waals surface area contributed by atoms with Crippen molar-refractivity contribution >= 4 is 70.5 Å². The van der Waals surface area contributed by atoms with Crippen LogP contribution < -0.4 is 26.6 Å². The molecule has 1 heterocycles. The number of hydrogen-bond acceptors (Lipinski definition) is 13. The molecule has 384 valence electrons. The normalized spacial score (nSPS) is 28.7. The largest absolute Gasteiger partial charge is 0.450 e. The van der Waals surface area contributed by atoms with E-state index in [4.69, 9.17) is 21.1 Å². The van der Waals surface area contributed by atoms with E-state index in [1.165, 1.54) is 18.2 Å². The second-order valence-electron chi connectivity index (χ2n) is 19.5. The van der Waals surface area contributed by atoms with E-state index in [9.17, 15) is 53.1 Å². The van der Waals surface area contributed by atoms with Gasteiger partial charge in [-0.05, 0) is 68.1 Å². The Balaban J connectivity index is 0.969. The third-order valence-electron chi connectivity index (χ3n) is 15.2. The highest BCUT2D eigenvalue weighted by Crippen LogP contribution is 2.72. The Morgan fingerprint density at radius 1 is 0.845 bits per heavy atom. The molecule has 3 saturated carbocycles. The summed E-state index contributed by atoms with van der Waals surface area (Å²) in [7, 11) is 0. The average molecular weight is 1010 g/mol. The molecule has 0 aromatic heterocycles. The number of fused-ring (bicyclic) bond motifs is 5. The van der Waals surface area contributed by atoms with Crippen LogP contribution in [-0.4, -0.2) is 131 Å². The van der Waals surface area contributed by atoms with Crippen LogP contribution in [0.3, 0.4) is 0 Å². The van der Waals surface area contributed by atoms with Gasteiger partial charge in [-0.2, -0.15) is 0 Å². The minimum Gasteiger partial charge on any atom is -0.450 e. The molecular weight excluding hydrogens is 940 g/mol. The SMILES string of the molecule is CCC(=O)O[C@]1(C(=O)COCNC(=O)CNC(=O)[C@H](Cc2ccccc2)NC(=O)CNC(=O)CNC(=O)CCCCCN2C(=O)C=CC2=O)[C@@H](C)CC2[C@@H]3CCC4=CC(=O)C=C[C@]4(C)[C@@]3(Cl)[C@@H](O)C[C@@]21C. The molecule has 0 radical (unpaired) electrons. The number of nitrogens with zero attached hydrogens (tertiary/aromatic N) is 1. The zero-order chi connectivity index (χ0) is 51.7. The van der Waals surface area contributed by atoms with Gasteiger partial charge in [0.1, 0.15) is 19.4 Å². The number of benzene rings is 1. The third-order valence-corrected chi connectivity index (χ3v) is 16.1. The molecule has 20 heteroatoms. The summed E-state index contributed by atoms with van der Waals surface area (Å²) in [6.45, 7) is 5.07. The van der Waals surface area contributed by atoms with Crippen molar-refractivity contribution in [2.45, 2.75) is 115 Å². The molecule has 1 unspecified atom stereocenters. The van der Waals surface area contributed by atoms with E-state index >= 15 is 0 Å². The Bertz CT molecular complexity index is 2360. The Hall–Kier alpha value is -6.05. The monoisotopic (exact) mass is 1000 g/mol. The van der Waals surface area contributed by atoms with Crippen LogP contribution in [0, 0.1) is 28.6 Å². The highest BCUT2D eigenvalue weighted by Gasteiger charge is 2.76.